The van der Waals surface area contributed by atoms with E-state index in [1.807, 2.05) is 30.3 Å². The zero-order chi connectivity index (χ0) is 18.7. The number of ether oxygens (including phenoxy) is 1. The molecular formula is C20H17NO5. The van der Waals surface area contributed by atoms with Gasteiger partial charge in [0, 0.05) is 11.1 Å². The number of nitrogens with one attached hydrogen (secondary N) is 1. The van der Waals surface area contributed by atoms with Gasteiger partial charge in [-0.05, 0) is 30.2 Å². The zero-order valence-corrected chi connectivity index (χ0v) is 14.1. The molecular weight excluding hydrogens is 334 g/mol. The molecule has 0 bridgehead atoms. The molecule has 2 aromatic rings. The molecule has 0 fully saturated rings. The van der Waals surface area contributed by atoms with Crippen molar-refractivity contribution in [3.63, 3.8) is 0 Å². The highest BCUT2D eigenvalue weighted by Gasteiger charge is 2.34. The zero-order valence-electron chi connectivity index (χ0n) is 14.1. The van der Waals surface area contributed by atoms with E-state index in [4.69, 9.17) is 4.74 Å². The number of hydrogen-bond acceptors (Lipinski definition) is 5. The number of carbonyl (C=O) groups is 3. The summed E-state index contributed by atoms with van der Waals surface area (Å²) in [5.74, 6) is -2.38. The van der Waals surface area contributed by atoms with Crippen LogP contribution in [0.5, 0.6) is 0 Å². The van der Waals surface area contributed by atoms with Gasteiger partial charge < -0.3 is 15.2 Å². The lowest BCUT2D eigenvalue weighted by molar-refractivity contribution is -0.143. The Morgan fingerprint density at radius 2 is 1.77 bits per heavy atom. The number of fused-ring (bicyclic) bond motifs is 1. The largest absolute Gasteiger partial charge is 0.506 e. The van der Waals surface area contributed by atoms with E-state index >= 15 is 0 Å². The number of amides is 1. The fourth-order valence-corrected chi connectivity index (χ4v) is 2.79. The summed E-state index contributed by atoms with van der Waals surface area (Å²) in [6.07, 6.45) is 0. The van der Waals surface area contributed by atoms with Crippen LogP contribution in [0.15, 0.2) is 54.1 Å². The van der Waals surface area contributed by atoms with Gasteiger partial charge in [-0.2, -0.15) is 0 Å². The first-order valence-corrected chi connectivity index (χ1v) is 8.14. The molecule has 1 amide bonds. The molecule has 0 radical (unpaired) electrons. The Morgan fingerprint density at radius 3 is 2.46 bits per heavy atom. The first kappa shape index (κ1) is 17.4. The Bertz CT molecular complexity index is 915. The number of aliphatic hydroxyl groups is 1. The standard InChI is InChI=1S/C20H17NO5/c1-2-26-16(22)11-21-20(25)17-18(23)14-9-8-13(10-15(14)19(17)24)12-6-4-3-5-7-12/h3-10,23H,2,11H2,1H3,(H,21,25). The third-order valence-electron chi connectivity index (χ3n) is 4.02. The Morgan fingerprint density at radius 1 is 1.04 bits per heavy atom. The van der Waals surface area contributed by atoms with Crippen LogP contribution >= 0.6 is 0 Å². The van der Waals surface area contributed by atoms with E-state index in [1.165, 1.54) is 0 Å². The van der Waals surface area contributed by atoms with Gasteiger partial charge in [0.05, 0.1) is 6.61 Å². The van der Waals surface area contributed by atoms with Crippen molar-refractivity contribution in [2.45, 2.75) is 6.92 Å². The van der Waals surface area contributed by atoms with Crippen LogP contribution < -0.4 is 5.32 Å². The molecule has 26 heavy (non-hydrogen) atoms. The van der Waals surface area contributed by atoms with Crippen molar-refractivity contribution in [1.82, 2.24) is 5.32 Å². The average molecular weight is 351 g/mol. The third-order valence-corrected chi connectivity index (χ3v) is 4.02. The molecule has 0 saturated carbocycles. The van der Waals surface area contributed by atoms with E-state index in [1.54, 1.807) is 25.1 Å². The summed E-state index contributed by atoms with van der Waals surface area (Å²) in [6.45, 7) is 1.47. The highest BCUT2D eigenvalue weighted by atomic mass is 16.5. The number of rotatable bonds is 5. The van der Waals surface area contributed by atoms with Crippen LogP contribution in [-0.4, -0.2) is 35.9 Å². The lowest BCUT2D eigenvalue weighted by atomic mass is 9.99. The first-order chi connectivity index (χ1) is 12.5. The molecule has 6 nitrogen and oxygen atoms in total. The molecule has 2 aromatic carbocycles. The van der Waals surface area contributed by atoms with Crippen LogP contribution in [0.2, 0.25) is 0 Å². The maximum absolute atomic E-state index is 12.6. The van der Waals surface area contributed by atoms with E-state index in [2.05, 4.69) is 5.32 Å². The van der Waals surface area contributed by atoms with Crippen molar-refractivity contribution in [2.24, 2.45) is 0 Å². The maximum atomic E-state index is 12.6. The summed E-state index contributed by atoms with van der Waals surface area (Å²) in [6, 6.07) is 14.5. The number of ketones is 1. The number of esters is 1. The van der Waals surface area contributed by atoms with Crippen LogP contribution in [0.3, 0.4) is 0 Å². The number of Topliss-reactive ketones (excluding diaryl/α,β-unsaturated/α-hetero) is 1. The molecule has 6 heteroatoms. The maximum Gasteiger partial charge on any atom is 0.325 e. The lowest BCUT2D eigenvalue weighted by Crippen LogP contribution is -2.33. The molecule has 0 heterocycles. The monoisotopic (exact) mass is 351 g/mol. The van der Waals surface area contributed by atoms with Crippen LogP contribution in [0, 0.1) is 0 Å². The van der Waals surface area contributed by atoms with Gasteiger partial charge in [0.2, 0.25) is 5.78 Å². The van der Waals surface area contributed by atoms with E-state index < -0.39 is 17.7 Å². The van der Waals surface area contributed by atoms with Crippen molar-refractivity contribution in [3.8, 4) is 11.1 Å². The minimum Gasteiger partial charge on any atom is -0.506 e. The molecule has 0 spiro atoms. The molecule has 0 aromatic heterocycles. The average Bonchev–Trinajstić information content (AvgIpc) is 2.91. The second kappa shape index (κ2) is 7.23. The fourth-order valence-electron chi connectivity index (χ4n) is 2.79. The Labute approximate surface area is 150 Å². The smallest absolute Gasteiger partial charge is 0.325 e. The predicted molar refractivity (Wildman–Crippen MR) is 95.4 cm³/mol. The molecule has 2 N–H and O–H groups in total. The van der Waals surface area contributed by atoms with Gasteiger partial charge in [-0.25, -0.2) is 0 Å². The second-order valence-corrected chi connectivity index (χ2v) is 5.67. The van der Waals surface area contributed by atoms with Crippen molar-refractivity contribution >= 4 is 23.4 Å². The van der Waals surface area contributed by atoms with Gasteiger partial charge in [-0.1, -0.05) is 36.4 Å². The van der Waals surface area contributed by atoms with Crippen LogP contribution in [0.4, 0.5) is 0 Å². The highest BCUT2D eigenvalue weighted by Crippen LogP contribution is 2.34. The number of benzene rings is 2. The second-order valence-electron chi connectivity index (χ2n) is 5.67. The minimum absolute atomic E-state index is 0.190. The van der Waals surface area contributed by atoms with E-state index in [0.29, 0.717) is 5.56 Å². The van der Waals surface area contributed by atoms with Crippen LogP contribution in [-0.2, 0) is 14.3 Å². The molecule has 1 aliphatic rings. The Hall–Kier alpha value is -3.41. The summed E-state index contributed by atoms with van der Waals surface area (Å²) < 4.78 is 4.72. The van der Waals surface area contributed by atoms with Crippen molar-refractivity contribution in [1.29, 1.82) is 0 Å². The highest BCUT2D eigenvalue weighted by molar-refractivity contribution is 6.34. The number of carbonyl (C=O) groups excluding carboxylic acids is 3. The van der Waals surface area contributed by atoms with E-state index in [9.17, 15) is 19.5 Å². The molecule has 0 atom stereocenters. The van der Waals surface area contributed by atoms with Gasteiger partial charge in [0.1, 0.15) is 17.9 Å². The van der Waals surface area contributed by atoms with Crippen LogP contribution in [0.25, 0.3) is 16.9 Å². The first-order valence-electron chi connectivity index (χ1n) is 8.14. The predicted octanol–water partition coefficient (Wildman–Crippen LogP) is 2.50. The minimum atomic E-state index is -0.807. The molecule has 0 aliphatic heterocycles. The Kier molecular flexibility index (Phi) is 4.84. The third kappa shape index (κ3) is 3.21. The quantitative estimate of drug-likeness (QED) is 0.638. The molecule has 0 saturated heterocycles. The molecule has 1 aliphatic carbocycles. The van der Waals surface area contributed by atoms with Gasteiger partial charge in [-0.15, -0.1) is 0 Å². The van der Waals surface area contributed by atoms with Crippen molar-refractivity contribution in [3.05, 3.63) is 65.2 Å². The number of hydrogen-bond donors (Lipinski definition) is 2. The van der Waals surface area contributed by atoms with Gasteiger partial charge >= 0.3 is 5.97 Å². The normalized spacial score (nSPS) is 12.7. The fraction of sp³-hybridized carbons (Fsp3) is 0.150. The van der Waals surface area contributed by atoms with Gasteiger partial charge in [0.15, 0.2) is 0 Å². The summed E-state index contributed by atoms with van der Waals surface area (Å²) in [5.41, 5.74) is 1.91. The summed E-state index contributed by atoms with van der Waals surface area (Å²) in [5, 5.41) is 12.6. The molecule has 3 rings (SSSR count). The van der Waals surface area contributed by atoms with E-state index in [-0.39, 0.29) is 30.0 Å². The van der Waals surface area contributed by atoms with Gasteiger partial charge in [0.25, 0.3) is 5.91 Å². The lowest BCUT2D eigenvalue weighted by Gasteiger charge is -2.05. The summed E-state index contributed by atoms with van der Waals surface area (Å²) >= 11 is 0. The van der Waals surface area contributed by atoms with E-state index in [0.717, 1.165) is 11.1 Å². The Balaban J connectivity index is 1.84. The van der Waals surface area contributed by atoms with Crippen molar-refractivity contribution in [2.75, 3.05) is 13.2 Å². The SMILES string of the molecule is CCOC(=O)CNC(=O)C1=C(O)c2ccc(-c3ccccc3)cc2C1=O. The van der Waals surface area contributed by atoms with Gasteiger partial charge in [-0.3, -0.25) is 14.4 Å². The molecule has 0 unspecified atom stereocenters. The van der Waals surface area contributed by atoms with Crippen molar-refractivity contribution < 1.29 is 24.2 Å². The summed E-state index contributed by atoms with van der Waals surface area (Å²) in [7, 11) is 0. The summed E-state index contributed by atoms with van der Waals surface area (Å²) in [4.78, 5) is 36.2. The topological polar surface area (TPSA) is 92.7 Å². The molecule has 132 valence electrons. The van der Waals surface area contributed by atoms with Crippen LogP contribution in [0.1, 0.15) is 22.8 Å². The number of aliphatic hydroxyl groups excluding tert-OH is 1.